The van der Waals surface area contributed by atoms with Crippen LogP contribution in [0.15, 0.2) is 60.8 Å². The Balaban J connectivity index is 0.00000291. The summed E-state index contributed by atoms with van der Waals surface area (Å²) in [5.74, 6) is -2.01. The van der Waals surface area contributed by atoms with E-state index >= 15 is 4.39 Å². The van der Waals surface area contributed by atoms with Crippen molar-refractivity contribution in [2.24, 2.45) is 0 Å². The summed E-state index contributed by atoms with van der Waals surface area (Å²) in [5.41, 5.74) is 8.42. The maximum atomic E-state index is 15.6. The van der Waals surface area contributed by atoms with E-state index < -0.39 is 47.1 Å². The number of aromatic nitrogens is 1. The second kappa shape index (κ2) is 21.8. The molecule has 322 valence electrons. The molecule has 3 aromatic carbocycles. The minimum atomic E-state index is -1.06. The molecule has 0 spiro atoms. The fourth-order valence-electron chi connectivity index (χ4n) is 5.82. The van der Waals surface area contributed by atoms with Crippen molar-refractivity contribution in [2.75, 3.05) is 29.7 Å². The van der Waals surface area contributed by atoms with Crippen LogP contribution >= 0.6 is 0 Å². The summed E-state index contributed by atoms with van der Waals surface area (Å²) in [4.78, 5) is 57.8. The van der Waals surface area contributed by atoms with Crippen molar-refractivity contribution in [1.29, 1.82) is 0 Å². The van der Waals surface area contributed by atoms with Gasteiger partial charge in [-0.1, -0.05) is 58.9 Å². The van der Waals surface area contributed by atoms with E-state index in [0.717, 1.165) is 17.3 Å². The highest BCUT2D eigenvalue weighted by Crippen LogP contribution is 2.33. The van der Waals surface area contributed by atoms with E-state index in [4.69, 9.17) is 19.9 Å². The number of hydrogen-bond acceptors (Lipinski definition) is 11. The summed E-state index contributed by atoms with van der Waals surface area (Å²) in [6.45, 7) is 21.6. The molecule has 3 amide bonds. The number of ether oxygens (including phenoxy) is 3. The van der Waals surface area contributed by atoms with Crippen molar-refractivity contribution < 1.29 is 42.9 Å². The van der Waals surface area contributed by atoms with Gasteiger partial charge in [0.15, 0.2) is 5.82 Å². The minimum absolute atomic E-state index is 0.0122. The average Bonchev–Trinajstić information content (AvgIpc) is 3.17. The van der Waals surface area contributed by atoms with Crippen LogP contribution in [0.25, 0.3) is 10.8 Å². The largest absolute Gasteiger partial charge is 0.469 e. The number of carbonyl (C=O) groups is 4. The lowest BCUT2D eigenvalue weighted by Crippen LogP contribution is -2.44. The van der Waals surface area contributed by atoms with E-state index in [-0.39, 0.29) is 42.1 Å². The van der Waals surface area contributed by atoms with E-state index in [1.54, 1.807) is 71.9 Å². The molecule has 0 aliphatic rings. The number of nitrogen functional groups attached to an aromatic ring is 1. The number of methoxy groups -OCH3 is 1. The van der Waals surface area contributed by atoms with Gasteiger partial charge in [0.05, 0.1) is 19.7 Å². The number of nitrogens with zero attached hydrogens (tertiary/aromatic N) is 2. The lowest BCUT2D eigenvalue weighted by atomic mass is 9.93. The molecule has 14 heteroatoms. The number of nitrogens with one attached hydrogen (secondary N) is 2. The zero-order valence-electron chi connectivity index (χ0n) is 36.7. The summed E-state index contributed by atoms with van der Waals surface area (Å²) >= 11 is 0. The summed E-state index contributed by atoms with van der Waals surface area (Å²) < 4.78 is 31.4. The number of pyridine rings is 1. The van der Waals surface area contributed by atoms with Crippen molar-refractivity contribution in [3.63, 3.8) is 0 Å². The number of amides is 3. The van der Waals surface area contributed by atoms with Gasteiger partial charge in [-0.15, -0.1) is 0 Å². The van der Waals surface area contributed by atoms with E-state index in [1.165, 1.54) is 19.2 Å². The van der Waals surface area contributed by atoms with Gasteiger partial charge in [0, 0.05) is 41.2 Å². The van der Waals surface area contributed by atoms with Crippen molar-refractivity contribution in [2.45, 2.75) is 119 Å². The normalized spacial score (nSPS) is 12.1. The molecule has 0 aliphatic carbocycles. The molecule has 0 saturated carbocycles. The Morgan fingerprint density at radius 2 is 1.47 bits per heavy atom. The van der Waals surface area contributed by atoms with Gasteiger partial charge >= 0.3 is 18.2 Å². The number of aliphatic hydroxyl groups is 1. The van der Waals surface area contributed by atoms with Gasteiger partial charge in [0.1, 0.15) is 23.1 Å². The Morgan fingerprint density at radius 1 is 0.864 bits per heavy atom. The maximum Gasteiger partial charge on any atom is 0.425 e. The van der Waals surface area contributed by atoms with Crippen LogP contribution in [0.2, 0.25) is 0 Å². The molecule has 0 bridgehead atoms. The van der Waals surface area contributed by atoms with Crippen LogP contribution in [0, 0.1) is 12.7 Å². The number of esters is 1. The first-order valence-corrected chi connectivity index (χ1v) is 19.7. The van der Waals surface area contributed by atoms with Crippen LogP contribution < -0.4 is 21.3 Å². The number of imide groups is 1. The van der Waals surface area contributed by atoms with Gasteiger partial charge < -0.3 is 35.7 Å². The molecule has 13 nitrogen and oxygen atoms in total. The standard InChI is InChI=1S/C41H50FN5O8.2C2H6/c1-23-16-26(11-14-30(23)24(2)22-48)35(37(50)45-20-27-17-28(43)12-10-25(27)18-34(49)53-9)46-29-13-15-31-32(19-29)33(42)21-44-36(31)47(38(51)54-40(3,4)5)39(52)55-41(6,7)8;2*1-2/h10-17,19,21,24,35,46,48H,18,20,22,43H2,1-9H3,(H,45,50);2*1-2H3/t24-,35?;;/m0../s1. The average molecular weight is 820 g/mol. The minimum Gasteiger partial charge on any atom is -0.469 e. The predicted molar refractivity (Wildman–Crippen MR) is 231 cm³/mol. The first-order valence-electron chi connectivity index (χ1n) is 19.7. The number of aliphatic hydroxyl groups excluding tert-OH is 1. The monoisotopic (exact) mass is 819 g/mol. The Hall–Kier alpha value is -5.76. The summed E-state index contributed by atoms with van der Waals surface area (Å²) in [6.07, 6.45) is -1.27. The fourth-order valence-corrected chi connectivity index (χ4v) is 5.82. The van der Waals surface area contributed by atoms with Crippen molar-refractivity contribution >= 4 is 52.0 Å². The molecule has 59 heavy (non-hydrogen) atoms. The molecule has 1 aromatic heterocycles. The zero-order chi connectivity index (χ0) is 44.8. The van der Waals surface area contributed by atoms with Crippen molar-refractivity contribution in [3.05, 3.63) is 94.4 Å². The van der Waals surface area contributed by atoms with E-state index in [0.29, 0.717) is 33.0 Å². The quantitative estimate of drug-likeness (QED) is 0.0643. The number of anilines is 3. The number of fused-ring (bicyclic) bond motifs is 1. The van der Waals surface area contributed by atoms with Gasteiger partial charge in [-0.05, 0) is 107 Å². The highest BCUT2D eigenvalue weighted by Gasteiger charge is 2.35. The molecule has 2 atom stereocenters. The summed E-state index contributed by atoms with van der Waals surface area (Å²) in [5, 5.41) is 16.0. The number of carbonyl (C=O) groups excluding carboxylic acids is 4. The predicted octanol–water partition coefficient (Wildman–Crippen LogP) is 9.27. The third-order valence-electron chi connectivity index (χ3n) is 8.43. The molecule has 1 unspecified atom stereocenters. The van der Waals surface area contributed by atoms with Gasteiger partial charge in [0.25, 0.3) is 0 Å². The molecule has 0 aliphatic heterocycles. The molecule has 0 fully saturated rings. The molecule has 4 aromatic rings. The Bertz CT molecular complexity index is 2050. The molecule has 4 rings (SSSR count). The number of halogens is 1. The Labute approximate surface area is 347 Å². The third-order valence-corrected chi connectivity index (χ3v) is 8.43. The highest BCUT2D eigenvalue weighted by atomic mass is 19.1. The van der Waals surface area contributed by atoms with E-state index in [9.17, 15) is 24.3 Å². The highest BCUT2D eigenvalue weighted by molar-refractivity contribution is 6.14. The topological polar surface area (TPSA) is 182 Å². The van der Waals surface area contributed by atoms with Gasteiger partial charge in [-0.2, -0.15) is 4.90 Å². The number of aryl methyl sites for hydroxylation is 1. The second-order valence-corrected chi connectivity index (χ2v) is 15.3. The lowest BCUT2D eigenvalue weighted by Gasteiger charge is -2.28. The van der Waals surface area contributed by atoms with Gasteiger partial charge in [-0.25, -0.2) is 19.0 Å². The van der Waals surface area contributed by atoms with E-state index in [1.807, 2.05) is 53.7 Å². The number of nitrogens with two attached hydrogens (primary N) is 1. The van der Waals surface area contributed by atoms with Crippen LogP contribution in [0.5, 0.6) is 0 Å². The third kappa shape index (κ3) is 13.9. The zero-order valence-corrected chi connectivity index (χ0v) is 36.7. The van der Waals surface area contributed by atoms with Crippen molar-refractivity contribution in [3.8, 4) is 0 Å². The number of rotatable bonds is 11. The van der Waals surface area contributed by atoms with Crippen LogP contribution in [-0.4, -0.2) is 59.1 Å². The molecule has 0 radical (unpaired) electrons. The van der Waals surface area contributed by atoms with Crippen LogP contribution in [0.4, 0.5) is 31.2 Å². The number of hydrogen-bond donors (Lipinski definition) is 4. The Kier molecular flexibility index (Phi) is 18.3. The summed E-state index contributed by atoms with van der Waals surface area (Å²) in [6, 6.07) is 14.0. The van der Waals surface area contributed by atoms with Gasteiger partial charge in [-0.3, -0.25) is 9.59 Å². The fraction of sp³-hybridized carbons (Fsp3) is 0.444. The second-order valence-electron chi connectivity index (χ2n) is 15.3. The van der Waals surface area contributed by atoms with Crippen molar-refractivity contribution in [1.82, 2.24) is 10.3 Å². The van der Waals surface area contributed by atoms with E-state index in [2.05, 4.69) is 15.6 Å². The van der Waals surface area contributed by atoms with Gasteiger partial charge in [0.2, 0.25) is 5.91 Å². The molecular weight excluding hydrogens is 758 g/mol. The molecule has 1 heterocycles. The van der Waals surface area contributed by atoms with Crippen LogP contribution in [0.1, 0.15) is 116 Å². The SMILES string of the molecule is CC.CC.COC(=O)Cc1ccc(N)cc1CNC(=O)C(Nc1ccc2c(N(C(=O)OC(C)(C)C)C(=O)OC(C)(C)C)ncc(F)c2c1)c1ccc([C@@H](C)CO)c(C)c1. The smallest absolute Gasteiger partial charge is 0.425 e. The molecule has 0 saturated heterocycles. The Morgan fingerprint density at radius 3 is 2.02 bits per heavy atom. The molecular formula is C45H62FN5O8. The summed E-state index contributed by atoms with van der Waals surface area (Å²) in [7, 11) is 1.29. The maximum absolute atomic E-state index is 15.6. The lowest BCUT2D eigenvalue weighted by molar-refractivity contribution is -0.139. The van der Waals surface area contributed by atoms with Crippen LogP contribution in [0.3, 0.4) is 0 Å². The first kappa shape index (κ1) is 49.4. The van der Waals surface area contributed by atoms with Crippen LogP contribution in [-0.2, 0) is 36.8 Å². The number of benzene rings is 3. The first-order chi connectivity index (χ1) is 27.7. The molecule has 5 N–H and O–H groups in total.